The maximum atomic E-state index is 8.79. The number of hydrogen-bond donors (Lipinski definition) is 2. The summed E-state index contributed by atoms with van der Waals surface area (Å²) in [6, 6.07) is 0.742. The molecule has 0 aliphatic heterocycles. The number of nitrogens with zero attached hydrogens (tertiary/aromatic N) is 2. The van der Waals surface area contributed by atoms with Crippen molar-refractivity contribution in [2.24, 2.45) is 0 Å². The largest absolute Gasteiger partial charge is 0.396 e. The van der Waals surface area contributed by atoms with Crippen molar-refractivity contribution in [2.75, 3.05) is 6.61 Å². The monoisotopic (exact) mass is 237 g/mol. The van der Waals surface area contributed by atoms with Crippen LogP contribution in [-0.2, 0) is 13.1 Å². The zero-order chi connectivity index (χ0) is 12.3. The minimum atomic E-state index is 0.273. The molecule has 1 aliphatic carbocycles. The highest BCUT2D eigenvalue weighted by atomic mass is 16.2. The summed E-state index contributed by atoms with van der Waals surface area (Å²) in [5.41, 5.74) is 3.76. The number of rotatable bonds is 7. The summed E-state index contributed by atoms with van der Waals surface area (Å²) in [5, 5.41) is 16.9. The van der Waals surface area contributed by atoms with E-state index >= 15 is 0 Å². The highest BCUT2D eigenvalue weighted by molar-refractivity contribution is 5.24. The molecule has 2 N–H and O–H groups in total. The topological polar surface area (TPSA) is 50.1 Å². The number of nitrogens with one attached hydrogen (secondary N) is 1. The van der Waals surface area contributed by atoms with E-state index in [1.807, 2.05) is 0 Å². The first-order valence-electron chi connectivity index (χ1n) is 6.59. The lowest BCUT2D eigenvalue weighted by Crippen LogP contribution is -2.16. The molecule has 17 heavy (non-hydrogen) atoms. The van der Waals surface area contributed by atoms with Crippen molar-refractivity contribution in [3.8, 4) is 0 Å². The van der Waals surface area contributed by atoms with Gasteiger partial charge in [0.25, 0.3) is 0 Å². The molecule has 1 fully saturated rings. The van der Waals surface area contributed by atoms with Crippen LogP contribution in [0.4, 0.5) is 0 Å². The number of aliphatic hydroxyl groups excluding tert-OH is 1. The van der Waals surface area contributed by atoms with Crippen molar-refractivity contribution < 1.29 is 5.11 Å². The van der Waals surface area contributed by atoms with Gasteiger partial charge in [0.1, 0.15) is 0 Å². The minimum Gasteiger partial charge on any atom is -0.396 e. The molecule has 96 valence electrons. The van der Waals surface area contributed by atoms with E-state index in [9.17, 15) is 0 Å². The third-order valence-electron chi connectivity index (χ3n) is 3.45. The number of hydrogen-bond acceptors (Lipinski definition) is 3. The van der Waals surface area contributed by atoms with Crippen molar-refractivity contribution in [2.45, 2.75) is 58.7 Å². The number of unbranched alkanes of at least 4 members (excludes halogenated alkanes) is 1. The van der Waals surface area contributed by atoms with Crippen LogP contribution in [-0.4, -0.2) is 27.5 Å². The first kappa shape index (κ1) is 12.6. The third kappa shape index (κ3) is 3.30. The van der Waals surface area contributed by atoms with Crippen LogP contribution < -0.4 is 5.32 Å². The average Bonchev–Trinajstić information content (AvgIpc) is 3.08. The molecule has 0 aromatic carbocycles. The van der Waals surface area contributed by atoms with E-state index in [0.29, 0.717) is 0 Å². The van der Waals surface area contributed by atoms with Crippen LogP contribution in [0.15, 0.2) is 0 Å². The van der Waals surface area contributed by atoms with Crippen LogP contribution in [0.2, 0.25) is 0 Å². The molecular weight excluding hydrogens is 214 g/mol. The van der Waals surface area contributed by atoms with Gasteiger partial charge in [-0.2, -0.15) is 5.10 Å². The Kier molecular flexibility index (Phi) is 4.18. The molecule has 1 aromatic rings. The van der Waals surface area contributed by atoms with E-state index in [2.05, 4.69) is 28.9 Å². The maximum absolute atomic E-state index is 8.79. The summed E-state index contributed by atoms with van der Waals surface area (Å²) in [7, 11) is 0. The molecule has 1 heterocycles. The quantitative estimate of drug-likeness (QED) is 0.707. The summed E-state index contributed by atoms with van der Waals surface area (Å²) in [4.78, 5) is 0. The molecule has 4 nitrogen and oxygen atoms in total. The van der Waals surface area contributed by atoms with Gasteiger partial charge in [-0.05, 0) is 39.5 Å². The molecule has 0 unspecified atom stereocenters. The highest BCUT2D eigenvalue weighted by Gasteiger charge is 2.21. The van der Waals surface area contributed by atoms with Crippen molar-refractivity contribution in [1.82, 2.24) is 15.1 Å². The molecule has 1 aliphatic rings. The zero-order valence-electron chi connectivity index (χ0n) is 10.9. The van der Waals surface area contributed by atoms with E-state index < -0.39 is 0 Å². The summed E-state index contributed by atoms with van der Waals surface area (Å²) in [6.45, 7) is 6.36. The molecular formula is C13H23N3O. The van der Waals surface area contributed by atoms with Crippen LogP contribution in [0.3, 0.4) is 0 Å². The number of aryl methyl sites for hydroxylation is 2. The fourth-order valence-electron chi connectivity index (χ4n) is 2.11. The van der Waals surface area contributed by atoms with Crippen LogP contribution in [0.1, 0.15) is 42.6 Å². The predicted molar refractivity (Wildman–Crippen MR) is 67.9 cm³/mol. The Morgan fingerprint density at radius 2 is 2.12 bits per heavy atom. The maximum Gasteiger partial charge on any atom is 0.0641 e. The molecule has 0 atom stereocenters. The second-order valence-electron chi connectivity index (χ2n) is 4.96. The Hall–Kier alpha value is -0.870. The van der Waals surface area contributed by atoms with Crippen LogP contribution in [0, 0.1) is 13.8 Å². The lowest BCUT2D eigenvalue weighted by Gasteiger charge is -2.05. The highest BCUT2D eigenvalue weighted by Crippen LogP contribution is 2.21. The van der Waals surface area contributed by atoms with E-state index in [0.717, 1.165) is 37.7 Å². The van der Waals surface area contributed by atoms with E-state index in [1.54, 1.807) is 0 Å². The van der Waals surface area contributed by atoms with Gasteiger partial charge in [0.05, 0.1) is 5.69 Å². The molecule has 0 amide bonds. The SMILES string of the molecule is Cc1nn(CCCCO)c(C)c1CNC1CC1. The minimum absolute atomic E-state index is 0.273. The molecule has 0 spiro atoms. The van der Waals surface area contributed by atoms with E-state index in [-0.39, 0.29) is 6.61 Å². The van der Waals surface area contributed by atoms with Gasteiger partial charge in [0, 0.05) is 37.0 Å². The fourth-order valence-corrected chi connectivity index (χ4v) is 2.11. The molecule has 1 saturated carbocycles. The second kappa shape index (κ2) is 5.65. The van der Waals surface area contributed by atoms with Gasteiger partial charge in [0.2, 0.25) is 0 Å². The summed E-state index contributed by atoms with van der Waals surface area (Å²) >= 11 is 0. The lowest BCUT2D eigenvalue weighted by atomic mass is 10.2. The van der Waals surface area contributed by atoms with Crippen molar-refractivity contribution in [3.63, 3.8) is 0 Å². The van der Waals surface area contributed by atoms with E-state index in [4.69, 9.17) is 5.11 Å². The third-order valence-corrected chi connectivity index (χ3v) is 3.45. The Labute approximate surface area is 103 Å². The first-order valence-corrected chi connectivity index (χ1v) is 6.59. The fraction of sp³-hybridized carbons (Fsp3) is 0.769. The van der Waals surface area contributed by atoms with Crippen LogP contribution in [0.25, 0.3) is 0 Å². The molecule has 0 bridgehead atoms. The average molecular weight is 237 g/mol. The molecule has 0 radical (unpaired) electrons. The normalized spacial score (nSPS) is 15.5. The standard InChI is InChI=1S/C13H23N3O/c1-10-13(9-14-12-5-6-12)11(2)16(15-10)7-3-4-8-17/h12,14,17H,3-9H2,1-2H3. The van der Waals surface area contributed by atoms with Gasteiger partial charge >= 0.3 is 0 Å². The number of aromatic nitrogens is 2. The van der Waals surface area contributed by atoms with Gasteiger partial charge in [-0.1, -0.05) is 0 Å². The summed E-state index contributed by atoms with van der Waals surface area (Å²) < 4.78 is 2.08. The van der Waals surface area contributed by atoms with Gasteiger partial charge < -0.3 is 10.4 Å². The summed E-state index contributed by atoms with van der Waals surface area (Å²) in [5.74, 6) is 0. The predicted octanol–water partition coefficient (Wildman–Crippen LogP) is 1.52. The van der Waals surface area contributed by atoms with Gasteiger partial charge in [0.15, 0.2) is 0 Å². The van der Waals surface area contributed by atoms with Crippen LogP contribution in [0.5, 0.6) is 0 Å². The Morgan fingerprint density at radius 1 is 1.35 bits per heavy atom. The smallest absolute Gasteiger partial charge is 0.0641 e. The Morgan fingerprint density at radius 3 is 2.76 bits per heavy atom. The molecule has 2 rings (SSSR count). The first-order chi connectivity index (χ1) is 8.22. The van der Waals surface area contributed by atoms with Crippen molar-refractivity contribution in [3.05, 3.63) is 17.0 Å². The second-order valence-corrected chi connectivity index (χ2v) is 4.96. The molecule has 1 aromatic heterocycles. The van der Waals surface area contributed by atoms with Crippen molar-refractivity contribution >= 4 is 0 Å². The summed E-state index contributed by atoms with van der Waals surface area (Å²) in [6.07, 6.45) is 4.49. The van der Waals surface area contributed by atoms with Gasteiger partial charge in [-0.3, -0.25) is 4.68 Å². The van der Waals surface area contributed by atoms with Gasteiger partial charge in [-0.15, -0.1) is 0 Å². The lowest BCUT2D eigenvalue weighted by molar-refractivity contribution is 0.280. The zero-order valence-corrected chi connectivity index (χ0v) is 10.9. The van der Waals surface area contributed by atoms with E-state index in [1.165, 1.54) is 24.1 Å². The van der Waals surface area contributed by atoms with Crippen molar-refractivity contribution in [1.29, 1.82) is 0 Å². The van der Waals surface area contributed by atoms with Gasteiger partial charge in [-0.25, -0.2) is 0 Å². The Bertz CT molecular complexity index is 369. The molecule has 0 saturated heterocycles. The van der Waals surface area contributed by atoms with Crippen LogP contribution >= 0.6 is 0 Å². The molecule has 4 heteroatoms. The Balaban J connectivity index is 1.94. The number of aliphatic hydroxyl groups is 1.